The third-order valence-corrected chi connectivity index (χ3v) is 8.13. The monoisotopic (exact) mass is 570 g/mol. The van der Waals surface area contributed by atoms with Crippen LogP contribution in [0, 0.1) is 6.92 Å². The van der Waals surface area contributed by atoms with Crippen molar-refractivity contribution in [1.29, 1.82) is 0 Å². The van der Waals surface area contributed by atoms with Crippen LogP contribution in [-0.4, -0.2) is 65.8 Å². The van der Waals surface area contributed by atoms with Gasteiger partial charge in [0.15, 0.2) is 5.82 Å². The third kappa shape index (κ3) is 5.21. The van der Waals surface area contributed by atoms with E-state index in [1.165, 1.54) is 4.57 Å². The Bertz CT molecular complexity index is 1640. The quantitative estimate of drug-likeness (QED) is 0.367. The molecule has 2 aliphatic rings. The summed E-state index contributed by atoms with van der Waals surface area (Å²) in [5.74, 6) is 0.129. The van der Waals surface area contributed by atoms with Gasteiger partial charge >= 0.3 is 6.03 Å². The first kappa shape index (κ1) is 26.7. The lowest BCUT2D eigenvalue weighted by Crippen LogP contribution is -2.40. The first-order valence-electron chi connectivity index (χ1n) is 13.4. The zero-order chi connectivity index (χ0) is 28.5. The lowest BCUT2D eigenvalue weighted by Gasteiger charge is -2.26. The molecule has 0 radical (unpaired) electrons. The van der Waals surface area contributed by atoms with E-state index in [2.05, 4.69) is 10.3 Å². The number of rotatable bonds is 6. The molecule has 4 aromatic rings. The van der Waals surface area contributed by atoms with Gasteiger partial charge in [-0.05, 0) is 54.3 Å². The summed E-state index contributed by atoms with van der Waals surface area (Å²) >= 11 is 1.56. The smallest absolute Gasteiger partial charge is 0.329 e. The number of morpholine rings is 1. The summed E-state index contributed by atoms with van der Waals surface area (Å²) in [6.45, 7) is 5.39. The van der Waals surface area contributed by atoms with Crippen molar-refractivity contribution in [3.05, 3.63) is 87.0 Å². The molecule has 3 amide bonds. The molecule has 0 aliphatic carbocycles. The van der Waals surface area contributed by atoms with Gasteiger partial charge in [0, 0.05) is 67.3 Å². The Morgan fingerprint density at radius 2 is 1.73 bits per heavy atom. The zero-order valence-corrected chi connectivity index (χ0v) is 23.7. The van der Waals surface area contributed by atoms with E-state index in [9.17, 15) is 14.4 Å². The first-order chi connectivity index (χ1) is 19.9. The SMILES string of the molecule is Cc1c(-c2cn(C)c(=O)c(Nc3ccc(C(=O)N4CCOCC4)cc3)n2)cccc1N1CCN(c2ccsc2)C1=O. The van der Waals surface area contributed by atoms with E-state index in [4.69, 9.17) is 4.74 Å². The Kier molecular flexibility index (Phi) is 7.29. The number of carbonyl (C=O) groups is 2. The average Bonchev–Trinajstić information content (AvgIpc) is 3.66. The Morgan fingerprint density at radius 1 is 0.976 bits per heavy atom. The average molecular weight is 571 g/mol. The molecule has 2 aromatic carbocycles. The number of aromatic nitrogens is 2. The molecule has 2 saturated heterocycles. The number of urea groups is 1. The molecule has 11 heteroatoms. The molecule has 2 aliphatic heterocycles. The number of carbonyl (C=O) groups excluding carboxylic acids is 2. The van der Waals surface area contributed by atoms with Gasteiger partial charge < -0.3 is 19.5 Å². The fourth-order valence-electron chi connectivity index (χ4n) is 5.20. The van der Waals surface area contributed by atoms with Crippen LogP contribution in [0.2, 0.25) is 0 Å². The molecule has 1 N–H and O–H groups in total. The number of nitrogens with one attached hydrogen (secondary N) is 1. The maximum atomic E-state index is 13.3. The molecule has 2 fully saturated rings. The van der Waals surface area contributed by atoms with Crippen LogP contribution in [0.3, 0.4) is 0 Å². The van der Waals surface area contributed by atoms with Gasteiger partial charge in [-0.3, -0.25) is 19.4 Å². The van der Waals surface area contributed by atoms with Gasteiger partial charge in [-0.15, -0.1) is 0 Å². The van der Waals surface area contributed by atoms with Gasteiger partial charge in [0.1, 0.15) is 0 Å². The highest BCUT2D eigenvalue weighted by molar-refractivity contribution is 7.08. The third-order valence-electron chi connectivity index (χ3n) is 7.46. The van der Waals surface area contributed by atoms with Crippen molar-refractivity contribution < 1.29 is 14.3 Å². The summed E-state index contributed by atoms with van der Waals surface area (Å²) in [5.41, 5.74) is 5.00. The maximum Gasteiger partial charge on any atom is 0.329 e. The van der Waals surface area contributed by atoms with Crippen molar-refractivity contribution in [2.24, 2.45) is 7.05 Å². The normalized spacial score (nSPS) is 15.5. The summed E-state index contributed by atoms with van der Waals surface area (Å²) in [6.07, 6.45) is 1.70. The van der Waals surface area contributed by atoms with Crippen LogP contribution in [0.5, 0.6) is 0 Å². The fourth-order valence-corrected chi connectivity index (χ4v) is 5.85. The fraction of sp³-hybridized carbons (Fsp3) is 0.267. The molecule has 2 aromatic heterocycles. The number of ether oxygens (including phenoxy) is 1. The molecular weight excluding hydrogens is 540 g/mol. The van der Waals surface area contributed by atoms with E-state index in [-0.39, 0.29) is 23.3 Å². The van der Waals surface area contributed by atoms with Crippen LogP contribution in [0.1, 0.15) is 15.9 Å². The van der Waals surface area contributed by atoms with Crippen molar-refractivity contribution in [1.82, 2.24) is 14.5 Å². The van der Waals surface area contributed by atoms with E-state index < -0.39 is 0 Å². The largest absolute Gasteiger partial charge is 0.378 e. The lowest BCUT2D eigenvalue weighted by molar-refractivity contribution is 0.0303. The number of hydrogen-bond donors (Lipinski definition) is 1. The van der Waals surface area contributed by atoms with Crippen LogP contribution in [0.15, 0.2) is 70.3 Å². The number of aryl methyl sites for hydroxylation is 1. The molecule has 6 rings (SSSR count). The zero-order valence-electron chi connectivity index (χ0n) is 22.9. The number of anilines is 4. The van der Waals surface area contributed by atoms with Gasteiger partial charge in [-0.1, -0.05) is 12.1 Å². The predicted molar refractivity (Wildman–Crippen MR) is 161 cm³/mol. The summed E-state index contributed by atoms with van der Waals surface area (Å²) < 4.78 is 6.83. The number of nitrogens with zero attached hydrogens (tertiary/aromatic N) is 5. The molecule has 41 heavy (non-hydrogen) atoms. The van der Waals surface area contributed by atoms with Crippen LogP contribution >= 0.6 is 11.3 Å². The molecule has 0 bridgehead atoms. The van der Waals surface area contributed by atoms with Crippen molar-refractivity contribution in [2.75, 3.05) is 54.5 Å². The van der Waals surface area contributed by atoms with Crippen molar-refractivity contribution >= 4 is 46.2 Å². The van der Waals surface area contributed by atoms with Gasteiger partial charge in [0.05, 0.1) is 24.6 Å². The van der Waals surface area contributed by atoms with Crippen molar-refractivity contribution in [2.45, 2.75) is 6.92 Å². The van der Waals surface area contributed by atoms with Gasteiger partial charge in [0.2, 0.25) is 0 Å². The second kappa shape index (κ2) is 11.2. The maximum absolute atomic E-state index is 13.3. The molecule has 10 nitrogen and oxygen atoms in total. The number of hydrogen-bond acceptors (Lipinski definition) is 7. The highest BCUT2D eigenvalue weighted by atomic mass is 32.1. The highest BCUT2D eigenvalue weighted by Crippen LogP contribution is 2.33. The highest BCUT2D eigenvalue weighted by Gasteiger charge is 2.32. The molecule has 0 atom stereocenters. The van der Waals surface area contributed by atoms with E-state index >= 15 is 0 Å². The summed E-state index contributed by atoms with van der Waals surface area (Å²) in [4.78, 5) is 49.1. The summed E-state index contributed by atoms with van der Waals surface area (Å²) in [5, 5.41) is 7.07. The number of amides is 3. The second-order valence-electron chi connectivity index (χ2n) is 10.0. The molecule has 0 unspecified atom stereocenters. The van der Waals surface area contributed by atoms with Gasteiger partial charge in [-0.25, -0.2) is 9.78 Å². The van der Waals surface area contributed by atoms with E-state index in [1.54, 1.807) is 63.5 Å². The Labute approximate surface area is 241 Å². The van der Waals surface area contributed by atoms with Crippen LogP contribution in [0.4, 0.5) is 27.7 Å². The van der Waals surface area contributed by atoms with E-state index in [1.807, 2.05) is 41.9 Å². The summed E-state index contributed by atoms with van der Waals surface area (Å²) in [7, 11) is 1.69. The molecule has 0 saturated carbocycles. The van der Waals surface area contributed by atoms with Gasteiger partial charge in [-0.2, -0.15) is 11.3 Å². The Hall–Kier alpha value is -4.48. The summed E-state index contributed by atoms with van der Waals surface area (Å²) in [6, 6.07) is 14.7. The van der Waals surface area contributed by atoms with E-state index in [0.29, 0.717) is 56.3 Å². The standard InChI is InChI=1S/C30H30N6O4S/c1-20-24(4-3-5-26(20)36-12-11-35(30(36)39)23-10-17-41-19-23)25-18-33(2)29(38)27(32-25)31-22-8-6-21(7-9-22)28(37)34-13-15-40-16-14-34/h3-10,17-19H,11-16H2,1-2H3,(H,31,32). The minimum Gasteiger partial charge on any atom is -0.378 e. The molecule has 4 heterocycles. The molecular formula is C30H30N6O4S. The Morgan fingerprint density at radius 3 is 2.46 bits per heavy atom. The van der Waals surface area contributed by atoms with Crippen LogP contribution < -0.4 is 20.7 Å². The second-order valence-corrected chi connectivity index (χ2v) is 10.8. The minimum atomic E-state index is -0.280. The number of benzene rings is 2. The van der Waals surface area contributed by atoms with Crippen LogP contribution in [-0.2, 0) is 11.8 Å². The van der Waals surface area contributed by atoms with Crippen molar-refractivity contribution in [3.8, 4) is 11.3 Å². The first-order valence-corrected chi connectivity index (χ1v) is 14.4. The number of thiophene rings is 1. The minimum absolute atomic E-state index is 0.0406. The van der Waals surface area contributed by atoms with E-state index in [0.717, 1.165) is 22.5 Å². The topological polar surface area (TPSA) is 100 Å². The predicted octanol–water partition coefficient (Wildman–Crippen LogP) is 4.48. The molecule has 0 spiro atoms. The Balaban J connectivity index is 1.25. The lowest BCUT2D eigenvalue weighted by atomic mass is 10.0. The molecule has 210 valence electrons. The van der Waals surface area contributed by atoms with Gasteiger partial charge in [0.25, 0.3) is 11.5 Å². The van der Waals surface area contributed by atoms with Crippen LogP contribution in [0.25, 0.3) is 11.3 Å². The van der Waals surface area contributed by atoms with Crippen molar-refractivity contribution in [3.63, 3.8) is 0 Å².